The molecule has 5 heteroatoms. The van der Waals surface area contributed by atoms with Gasteiger partial charge in [-0.2, -0.15) is 0 Å². The summed E-state index contributed by atoms with van der Waals surface area (Å²) in [5.74, 6) is 0. The number of methoxy groups -OCH3 is 1. The Balaban J connectivity index is 2.39. The summed E-state index contributed by atoms with van der Waals surface area (Å²) in [7, 11) is 3.58. The molecule has 0 saturated carbocycles. The van der Waals surface area contributed by atoms with Gasteiger partial charge in [-0.15, -0.1) is 0 Å². The van der Waals surface area contributed by atoms with E-state index in [-0.39, 0.29) is 6.10 Å². The zero-order valence-electron chi connectivity index (χ0n) is 11.5. The molecule has 0 radical (unpaired) electrons. The Kier molecular flexibility index (Phi) is 9.03. The summed E-state index contributed by atoms with van der Waals surface area (Å²) < 4.78 is 17.2. The van der Waals surface area contributed by atoms with E-state index < -0.39 is 0 Å². The zero-order chi connectivity index (χ0) is 13.9. The third kappa shape index (κ3) is 6.49. The second-order valence-corrected chi connectivity index (χ2v) is 4.90. The average molecular weight is 332 g/mol. The summed E-state index contributed by atoms with van der Waals surface area (Å²) >= 11 is 3.55. The van der Waals surface area contributed by atoms with Crippen LogP contribution in [0.4, 0.5) is 0 Å². The van der Waals surface area contributed by atoms with Crippen LogP contribution in [0.25, 0.3) is 0 Å². The molecule has 0 aliphatic carbocycles. The van der Waals surface area contributed by atoms with Gasteiger partial charge in [-0.05, 0) is 18.7 Å². The van der Waals surface area contributed by atoms with Crippen molar-refractivity contribution in [3.05, 3.63) is 34.3 Å². The fourth-order valence-corrected chi connectivity index (χ4v) is 2.21. The lowest BCUT2D eigenvalue weighted by atomic mass is 10.1. The molecule has 1 N–H and O–H groups in total. The lowest BCUT2D eigenvalue weighted by Crippen LogP contribution is -2.22. The summed E-state index contributed by atoms with van der Waals surface area (Å²) in [6.07, 6.45) is 0.0200. The molecule has 0 aliphatic heterocycles. The van der Waals surface area contributed by atoms with Crippen molar-refractivity contribution in [2.24, 2.45) is 0 Å². The number of halogens is 1. The van der Waals surface area contributed by atoms with Gasteiger partial charge in [-0.3, -0.25) is 0 Å². The Morgan fingerprint density at radius 1 is 1.16 bits per heavy atom. The van der Waals surface area contributed by atoms with Gasteiger partial charge in [0.2, 0.25) is 0 Å². The van der Waals surface area contributed by atoms with E-state index in [1.807, 2.05) is 25.2 Å². The molecule has 1 unspecified atom stereocenters. The molecule has 0 bridgehead atoms. The van der Waals surface area contributed by atoms with Gasteiger partial charge in [-0.1, -0.05) is 34.1 Å². The highest BCUT2D eigenvalue weighted by Gasteiger charge is 2.13. The normalized spacial score (nSPS) is 12.6. The Morgan fingerprint density at radius 3 is 2.58 bits per heavy atom. The van der Waals surface area contributed by atoms with Crippen molar-refractivity contribution in [2.45, 2.75) is 6.10 Å². The zero-order valence-corrected chi connectivity index (χ0v) is 13.1. The summed E-state index contributed by atoms with van der Waals surface area (Å²) in [5, 5.41) is 3.15. The van der Waals surface area contributed by atoms with Crippen LogP contribution >= 0.6 is 15.9 Å². The van der Waals surface area contributed by atoms with E-state index in [4.69, 9.17) is 14.2 Å². The Hall–Kier alpha value is -0.460. The lowest BCUT2D eigenvalue weighted by Gasteiger charge is -2.19. The van der Waals surface area contributed by atoms with Crippen LogP contribution in [0, 0.1) is 0 Å². The first-order chi connectivity index (χ1) is 9.29. The first-order valence-electron chi connectivity index (χ1n) is 6.37. The van der Waals surface area contributed by atoms with Gasteiger partial charge < -0.3 is 19.5 Å². The Labute approximate surface area is 123 Å². The second-order valence-electron chi connectivity index (χ2n) is 4.04. The van der Waals surface area contributed by atoms with Gasteiger partial charge in [0.1, 0.15) is 0 Å². The smallest absolute Gasteiger partial charge is 0.0961 e. The predicted molar refractivity (Wildman–Crippen MR) is 79.5 cm³/mol. The molecule has 0 aliphatic rings. The van der Waals surface area contributed by atoms with Gasteiger partial charge in [0.15, 0.2) is 0 Å². The minimum atomic E-state index is 0.0200. The monoisotopic (exact) mass is 331 g/mol. The van der Waals surface area contributed by atoms with E-state index in [1.54, 1.807) is 7.11 Å². The molecule has 0 spiro atoms. The maximum Gasteiger partial charge on any atom is 0.0961 e. The minimum absolute atomic E-state index is 0.0200. The molecule has 1 aromatic rings. The van der Waals surface area contributed by atoms with Crippen molar-refractivity contribution in [1.82, 2.24) is 5.32 Å². The van der Waals surface area contributed by atoms with Crippen molar-refractivity contribution in [3.8, 4) is 0 Å². The molecule has 1 rings (SSSR count). The summed E-state index contributed by atoms with van der Waals surface area (Å²) in [5.41, 5.74) is 1.15. The van der Waals surface area contributed by atoms with E-state index in [9.17, 15) is 0 Å². The molecular weight excluding hydrogens is 310 g/mol. The quantitative estimate of drug-likeness (QED) is 0.668. The van der Waals surface area contributed by atoms with E-state index in [0.717, 1.165) is 16.6 Å². The summed E-state index contributed by atoms with van der Waals surface area (Å²) in [4.78, 5) is 0. The van der Waals surface area contributed by atoms with E-state index in [1.165, 1.54) is 0 Å². The fraction of sp³-hybridized carbons (Fsp3) is 0.571. The highest BCUT2D eigenvalue weighted by Crippen LogP contribution is 2.25. The lowest BCUT2D eigenvalue weighted by molar-refractivity contribution is -0.00653. The maximum absolute atomic E-state index is 5.87. The van der Waals surface area contributed by atoms with Crippen LogP contribution in [0.2, 0.25) is 0 Å². The Bertz CT molecular complexity index is 349. The second kappa shape index (κ2) is 10.3. The van der Waals surface area contributed by atoms with Crippen LogP contribution in [0.5, 0.6) is 0 Å². The van der Waals surface area contributed by atoms with Crippen LogP contribution < -0.4 is 5.32 Å². The molecule has 0 heterocycles. The van der Waals surface area contributed by atoms with Gasteiger partial charge in [0.25, 0.3) is 0 Å². The van der Waals surface area contributed by atoms with Gasteiger partial charge in [0.05, 0.1) is 32.5 Å². The van der Waals surface area contributed by atoms with E-state index in [0.29, 0.717) is 26.4 Å². The predicted octanol–water partition coefficient (Wildman–Crippen LogP) is 2.39. The van der Waals surface area contributed by atoms with Gasteiger partial charge >= 0.3 is 0 Å². The van der Waals surface area contributed by atoms with Crippen LogP contribution in [0.3, 0.4) is 0 Å². The maximum atomic E-state index is 5.87. The van der Waals surface area contributed by atoms with Crippen LogP contribution in [0.15, 0.2) is 28.7 Å². The van der Waals surface area contributed by atoms with Crippen molar-refractivity contribution < 1.29 is 14.2 Å². The van der Waals surface area contributed by atoms with Crippen molar-refractivity contribution in [1.29, 1.82) is 0 Å². The number of likely N-dealkylation sites (N-methyl/N-ethyl adjacent to an activating group) is 1. The Morgan fingerprint density at radius 2 is 1.89 bits per heavy atom. The molecule has 0 fully saturated rings. The molecule has 4 nitrogen and oxygen atoms in total. The molecule has 108 valence electrons. The van der Waals surface area contributed by atoms with Crippen molar-refractivity contribution >= 4 is 15.9 Å². The number of hydrogen-bond acceptors (Lipinski definition) is 4. The number of nitrogens with one attached hydrogen (secondary N) is 1. The third-order valence-corrected chi connectivity index (χ3v) is 3.34. The first kappa shape index (κ1) is 16.6. The molecule has 19 heavy (non-hydrogen) atoms. The largest absolute Gasteiger partial charge is 0.382 e. The molecule has 0 amide bonds. The number of rotatable bonds is 10. The number of benzene rings is 1. The van der Waals surface area contributed by atoms with Gasteiger partial charge in [0, 0.05) is 18.1 Å². The third-order valence-electron chi connectivity index (χ3n) is 2.62. The molecule has 1 aromatic carbocycles. The topological polar surface area (TPSA) is 39.7 Å². The van der Waals surface area contributed by atoms with Crippen LogP contribution in [-0.2, 0) is 14.2 Å². The highest BCUT2D eigenvalue weighted by atomic mass is 79.9. The summed E-state index contributed by atoms with van der Waals surface area (Å²) in [6, 6.07) is 8.10. The highest BCUT2D eigenvalue weighted by molar-refractivity contribution is 9.10. The molecule has 0 saturated heterocycles. The van der Waals surface area contributed by atoms with E-state index >= 15 is 0 Å². The average Bonchev–Trinajstić information content (AvgIpc) is 2.42. The van der Waals surface area contributed by atoms with Crippen LogP contribution in [0.1, 0.15) is 11.7 Å². The van der Waals surface area contributed by atoms with Crippen molar-refractivity contribution in [3.63, 3.8) is 0 Å². The molecule has 1 atom stereocenters. The molecular formula is C14H22BrNO3. The SMILES string of the molecule is CNCC(OCCOCCOC)c1ccccc1Br. The standard InChI is InChI=1S/C14H22BrNO3/c1-16-11-14(12-5-3-4-6-13(12)15)19-10-9-18-8-7-17-2/h3-6,14,16H,7-11H2,1-2H3. The fourth-order valence-electron chi connectivity index (χ4n) is 1.67. The minimum Gasteiger partial charge on any atom is -0.382 e. The number of hydrogen-bond donors (Lipinski definition) is 1. The van der Waals surface area contributed by atoms with E-state index in [2.05, 4.69) is 27.3 Å². The van der Waals surface area contributed by atoms with Crippen LogP contribution in [-0.4, -0.2) is 47.1 Å². The summed E-state index contributed by atoms with van der Waals surface area (Å²) in [6.45, 7) is 3.13. The number of ether oxygens (including phenoxy) is 3. The molecule has 0 aromatic heterocycles. The first-order valence-corrected chi connectivity index (χ1v) is 7.16. The van der Waals surface area contributed by atoms with Gasteiger partial charge in [-0.25, -0.2) is 0 Å². The van der Waals surface area contributed by atoms with Crippen molar-refractivity contribution in [2.75, 3.05) is 47.1 Å².